The molecule has 16 heavy (non-hydrogen) atoms. The third-order valence-corrected chi connectivity index (χ3v) is 2.55. The minimum absolute atomic E-state index is 0.0483. The molecule has 2 aromatic heterocycles. The van der Waals surface area contributed by atoms with Gasteiger partial charge in [0, 0.05) is 12.6 Å². The van der Waals surface area contributed by atoms with Crippen LogP contribution in [0, 0.1) is 20.8 Å². The summed E-state index contributed by atoms with van der Waals surface area (Å²) in [5, 5.41) is 17.9. The maximum atomic E-state index is 9.36. The SMILES string of the molecule is Cc1nc(C)n(-c2c(CO)c(C)nn2C)n1. The maximum Gasteiger partial charge on any atom is 0.159 e. The first-order valence-electron chi connectivity index (χ1n) is 5.08. The normalized spacial score (nSPS) is 11.1. The Bertz CT molecular complexity index is 526. The summed E-state index contributed by atoms with van der Waals surface area (Å²) < 4.78 is 3.42. The van der Waals surface area contributed by atoms with Crippen LogP contribution in [-0.4, -0.2) is 29.7 Å². The smallest absolute Gasteiger partial charge is 0.159 e. The summed E-state index contributed by atoms with van der Waals surface area (Å²) in [5.41, 5.74) is 1.60. The topological polar surface area (TPSA) is 68.8 Å². The summed E-state index contributed by atoms with van der Waals surface area (Å²) in [5.74, 6) is 2.27. The van der Waals surface area contributed by atoms with E-state index in [1.165, 1.54) is 0 Å². The summed E-state index contributed by atoms with van der Waals surface area (Å²) >= 11 is 0. The lowest BCUT2D eigenvalue weighted by molar-refractivity contribution is 0.280. The third kappa shape index (κ3) is 1.51. The number of hydrogen-bond donors (Lipinski definition) is 1. The first kappa shape index (κ1) is 10.8. The molecule has 2 rings (SSSR count). The molecule has 86 valence electrons. The number of aryl methyl sites for hydroxylation is 4. The van der Waals surface area contributed by atoms with E-state index in [0.29, 0.717) is 5.82 Å². The number of aliphatic hydroxyl groups is 1. The lowest BCUT2D eigenvalue weighted by Gasteiger charge is -2.05. The van der Waals surface area contributed by atoms with Crippen molar-refractivity contribution >= 4 is 0 Å². The molecule has 0 saturated heterocycles. The van der Waals surface area contributed by atoms with E-state index in [9.17, 15) is 5.11 Å². The van der Waals surface area contributed by atoms with Crippen LogP contribution in [0.5, 0.6) is 0 Å². The standard InChI is InChI=1S/C10H15N5O/c1-6-9(5-16)10(14(4)12-6)15-8(3)11-7(2)13-15/h16H,5H2,1-4H3. The highest BCUT2D eigenvalue weighted by Crippen LogP contribution is 2.18. The third-order valence-electron chi connectivity index (χ3n) is 2.55. The molecular weight excluding hydrogens is 206 g/mol. The van der Waals surface area contributed by atoms with Gasteiger partial charge in [0.1, 0.15) is 11.6 Å². The van der Waals surface area contributed by atoms with Gasteiger partial charge in [-0.05, 0) is 20.8 Å². The molecule has 0 saturated carbocycles. The van der Waals surface area contributed by atoms with Crippen LogP contribution in [0.15, 0.2) is 0 Å². The first-order chi connectivity index (χ1) is 7.54. The van der Waals surface area contributed by atoms with Crippen molar-refractivity contribution in [1.82, 2.24) is 24.5 Å². The van der Waals surface area contributed by atoms with Crippen LogP contribution in [0.4, 0.5) is 0 Å². The van der Waals surface area contributed by atoms with Crippen molar-refractivity contribution in [3.8, 4) is 5.82 Å². The summed E-state index contributed by atoms with van der Waals surface area (Å²) in [6, 6.07) is 0. The van der Waals surface area contributed by atoms with Crippen LogP contribution in [-0.2, 0) is 13.7 Å². The lowest BCUT2D eigenvalue weighted by Crippen LogP contribution is -2.08. The second kappa shape index (κ2) is 3.71. The Kier molecular flexibility index (Phi) is 2.51. The van der Waals surface area contributed by atoms with Crippen molar-refractivity contribution in [1.29, 1.82) is 0 Å². The highest BCUT2D eigenvalue weighted by molar-refractivity contribution is 5.37. The van der Waals surface area contributed by atoms with Gasteiger partial charge in [-0.2, -0.15) is 9.78 Å². The van der Waals surface area contributed by atoms with Crippen molar-refractivity contribution in [2.75, 3.05) is 0 Å². The van der Waals surface area contributed by atoms with Crippen LogP contribution < -0.4 is 0 Å². The largest absolute Gasteiger partial charge is 0.391 e. The summed E-state index contributed by atoms with van der Waals surface area (Å²) in [6.45, 7) is 5.54. The average Bonchev–Trinajstić information content (AvgIpc) is 2.66. The van der Waals surface area contributed by atoms with Crippen LogP contribution in [0.3, 0.4) is 0 Å². The number of aromatic nitrogens is 5. The van der Waals surface area contributed by atoms with Gasteiger partial charge in [0.15, 0.2) is 5.82 Å². The number of rotatable bonds is 2. The van der Waals surface area contributed by atoms with Gasteiger partial charge >= 0.3 is 0 Å². The Morgan fingerprint density at radius 2 is 1.88 bits per heavy atom. The molecule has 0 aliphatic heterocycles. The Labute approximate surface area is 93.5 Å². The molecule has 0 aromatic carbocycles. The Balaban J connectivity index is 2.68. The zero-order chi connectivity index (χ0) is 11.9. The molecule has 0 atom stereocenters. The van der Waals surface area contributed by atoms with Crippen LogP contribution in [0.25, 0.3) is 5.82 Å². The lowest BCUT2D eigenvalue weighted by atomic mass is 10.2. The molecule has 2 heterocycles. The molecule has 0 amide bonds. The van der Waals surface area contributed by atoms with Crippen LogP contribution >= 0.6 is 0 Å². The number of hydrogen-bond acceptors (Lipinski definition) is 4. The second-order valence-corrected chi connectivity index (χ2v) is 3.79. The minimum atomic E-state index is -0.0483. The Hall–Kier alpha value is -1.69. The van der Waals surface area contributed by atoms with Gasteiger partial charge in [0.05, 0.1) is 12.3 Å². The van der Waals surface area contributed by atoms with E-state index in [1.54, 1.807) is 9.36 Å². The average molecular weight is 221 g/mol. The van der Waals surface area contributed by atoms with Crippen molar-refractivity contribution in [3.05, 3.63) is 22.9 Å². The van der Waals surface area contributed by atoms with Gasteiger partial charge < -0.3 is 5.11 Å². The van der Waals surface area contributed by atoms with Crippen molar-refractivity contribution in [2.24, 2.45) is 7.05 Å². The van der Waals surface area contributed by atoms with E-state index in [1.807, 2.05) is 27.8 Å². The monoisotopic (exact) mass is 221 g/mol. The number of aliphatic hydroxyl groups excluding tert-OH is 1. The number of nitrogens with zero attached hydrogens (tertiary/aromatic N) is 5. The van der Waals surface area contributed by atoms with Crippen LogP contribution in [0.1, 0.15) is 22.9 Å². The summed E-state index contributed by atoms with van der Waals surface area (Å²) in [4.78, 5) is 4.24. The van der Waals surface area contributed by atoms with Crippen LogP contribution in [0.2, 0.25) is 0 Å². The van der Waals surface area contributed by atoms with Crippen molar-refractivity contribution < 1.29 is 5.11 Å². The van der Waals surface area contributed by atoms with E-state index < -0.39 is 0 Å². The zero-order valence-corrected chi connectivity index (χ0v) is 9.89. The first-order valence-corrected chi connectivity index (χ1v) is 5.08. The highest BCUT2D eigenvalue weighted by atomic mass is 16.3. The maximum absolute atomic E-state index is 9.36. The van der Waals surface area contributed by atoms with E-state index in [-0.39, 0.29) is 6.61 Å². The van der Waals surface area contributed by atoms with Gasteiger partial charge in [-0.15, -0.1) is 5.10 Å². The summed E-state index contributed by atoms with van der Waals surface area (Å²) in [6.07, 6.45) is 0. The van der Waals surface area contributed by atoms with E-state index in [4.69, 9.17) is 0 Å². The molecule has 0 unspecified atom stereocenters. The van der Waals surface area contributed by atoms with Gasteiger partial charge in [0.2, 0.25) is 0 Å². The Morgan fingerprint density at radius 3 is 2.38 bits per heavy atom. The Morgan fingerprint density at radius 1 is 1.19 bits per heavy atom. The zero-order valence-electron chi connectivity index (χ0n) is 9.89. The van der Waals surface area contributed by atoms with Crippen molar-refractivity contribution in [2.45, 2.75) is 27.4 Å². The molecular formula is C10H15N5O. The summed E-state index contributed by atoms with van der Waals surface area (Å²) in [7, 11) is 1.83. The molecule has 6 heteroatoms. The van der Waals surface area contributed by atoms with Crippen molar-refractivity contribution in [3.63, 3.8) is 0 Å². The predicted molar refractivity (Wildman–Crippen MR) is 58.3 cm³/mol. The molecule has 0 spiro atoms. The van der Waals surface area contributed by atoms with Gasteiger partial charge in [-0.25, -0.2) is 4.98 Å². The van der Waals surface area contributed by atoms with E-state index in [2.05, 4.69) is 15.2 Å². The minimum Gasteiger partial charge on any atom is -0.391 e. The molecule has 0 aliphatic carbocycles. The molecule has 0 radical (unpaired) electrons. The van der Waals surface area contributed by atoms with Gasteiger partial charge in [0.25, 0.3) is 0 Å². The van der Waals surface area contributed by atoms with E-state index >= 15 is 0 Å². The molecule has 1 N–H and O–H groups in total. The molecule has 0 fully saturated rings. The molecule has 2 aromatic rings. The second-order valence-electron chi connectivity index (χ2n) is 3.79. The quantitative estimate of drug-likeness (QED) is 0.798. The molecule has 0 bridgehead atoms. The molecule has 0 aliphatic rings. The fraction of sp³-hybridized carbons (Fsp3) is 0.500. The van der Waals surface area contributed by atoms with E-state index in [0.717, 1.165) is 22.9 Å². The fourth-order valence-electron chi connectivity index (χ4n) is 1.86. The van der Waals surface area contributed by atoms with Gasteiger partial charge in [-0.1, -0.05) is 0 Å². The van der Waals surface area contributed by atoms with Gasteiger partial charge in [-0.3, -0.25) is 4.68 Å². The highest BCUT2D eigenvalue weighted by Gasteiger charge is 2.17. The fourth-order valence-corrected chi connectivity index (χ4v) is 1.86. The molecule has 6 nitrogen and oxygen atoms in total. The predicted octanol–water partition coefficient (Wildman–Crippen LogP) is 0.418.